The molecule has 0 aliphatic carbocycles. The second kappa shape index (κ2) is 4.65. The fourth-order valence-electron chi connectivity index (χ4n) is 2.09. The minimum Gasteiger partial charge on any atom is -0.388 e. The molecule has 1 fully saturated rings. The molecule has 1 atom stereocenters. The molecule has 4 N–H and O–H groups in total. The number of β-amino-alcohol motifs (C(OH)–C–C–N with tert-alkyl or cyclic N) is 1. The predicted molar refractivity (Wildman–Crippen MR) is 70.0 cm³/mol. The van der Waals surface area contributed by atoms with Gasteiger partial charge in [0, 0.05) is 13.1 Å². The minimum atomic E-state index is -0.740. The zero-order valence-corrected chi connectivity index (χ0v) is 10.9. The summed E-state index contributed by atoms with van der Waals surface area (Å²) in [6.45, 7) is 2.91. The van der Waals surface area contributed by atoms with Crippen molar-refractivity contribution in [3.63, 3.8) is 0 Å². The number of anilines is 2. The van der Waals surface area contributed by atoms with Crippen molar-refractivity contribution in [3.05, 3.63) is 12.7 Å². The van der Waals surface area contributed by atoms with Crippen LogP contribution in [0.3, 0.4) is 0 Å². The number of hydrogen-bond acceptors (Lipinski definition) is 9. The van der Waals surface area contributed by atoms with Crippen molar-refractivity contribution >= 4 is 11.9 Å². The molecule has 1 aliphatic heterocycles. The summed E-state index contributed by atoms with van der Waals surface area (Å²) >= 11 is 0. The van der Waals surface area contributed by atoms with E-state index in [-0.39, 0.29) is 5.95 Å². The number of aromatic nitrogens is 6. The number of hydrazine groups is 1. The van der Waals surface area contributed by atoms with E-state index in [1.807, 2.05) is 4.90 Å². The Bertz CT molecular complexity index is 597. The number of rotatable bonds is 3. The largest absolute Gasteiger partial charge is 0.388 e. The molecule has 1 saturated heterocycles. The van der Waals surface area contributed by atoms with Crippen LogP contribution in [0.25, 0.3) is 5.95 Å². The summed E-state index contributed by atoms with van der Waals surface area (Å²) in [5, 5.41) is 14.0. The molecule has 0 amide bonds. The van der Waals surface area contributed by atoms with E-state index in [0.29, 0.717) is 31.4 Å². The molecule has 0 aromatic carbocycles. The lowest BCUT2D eigenvalue weighted by Crippen LogP contribution is -2.31. The van der Waals surface area contributed by atoms with Gasteiger partial charge in [-0.2, -0.15) is 24.7 Å². The van der Waals surface area contributed by atoms with Gasteiger partial charge in [-0.15, -0.1) is 0 Å². The molecule has 0 bridgehead atoms. The first-order valence-electron chi connectivity index (χ1n) is 6.12. The number of nitrogens with zero attached hydrogens (tertiary/aromatic N) is 7. The fourth-order valence-corrected chi connectivity index (χ4v) is 2.09. The molecule has 0 saturated carbocycles. The van der Waals surface area contributed by atoms with E-state index in [9.17, 15) is 5.11 Å². The molecule has 10 nitrogen and oxygen atoms in total. The second-order valence-electron chi connectivity index (χ2n) is 4.91. The Balaban J connectivity index is 1.97. The maximum absolute atomic E-state index is 10.0. The number of nitrogens with one attached hydrogen (secondary N) is 1. The van der Waals surface area contributed by atoms with Crippen LogP contribution in [0.15, 0.2) is 12.7 Å². The lowest BCUT2D eigenvalue weighted by molar-refractivity contribution is 0.0838. The first-order chi connectivity index (χ1) is 9.57. The zero-order valence-electron chi connectivity index (χ0n) is 10.9. The average molecular weight is 277 g/mol. The van der Waals surface area contributed by atoms with Gasteiger partial charge in [-0.25, -0.2) is 10.8 Å². The summed E-state index contributed by atoms with van der Waals surface area (Å²) in [5.41, 5.74) is 1.66. The molecule has 3 rings (SSSR count). The first kappa shape index (κ1) is 12.7. The van der Waals surface area contributed by atoms with Crippen LogP contribution in [0.5, 0.6) is 0 Å². The average Bonchev–Trinajstić information content (AvgIpc) is 3.07. The number of hydrogen-bond donors (Lipinski definition) is 3. The van der Waals surface area contributed by atoms with E-state index in [0.717, 1.165) is 0 Å². The summed E-state index contributed by atoms with van der Waals surface area (Å²) < 4.78 is 1.42. The molecular formula is C10H15N9O. The van der Waals surface area contributed by atoms with E-state index >= 15 is 0 Å². The summed E-state index contributed by atoms with van der Waals surface area (Å²) in [4.78, 5) is 18.4. The standard InChI is InChI=1S/C10H15N9O/c1-10(20)2-3-18(4-10)8-14-7(17-11)15-9(16-8)19-6-12-5-13-19/h5-6,20H,2-4,11H2,1H3,(H,14,15,16,17). The van der Waals surface area contributed by atoms with E-state index in [1.165, 1.54) is 17.3 Å². The Morgan fingerprint density at radius 1 is 1.35 bits per heavy atom. The van der Waals surface area contributed by atoms with Crippen LogP contribution in [0.4, 0.5) is 11.9 Å². The van der Waals surface area contributed by atoms with Crippen molar-refractivity contribution in [2.75, 3.05) is 23.4 Å². The smallest absolute Gasteiger partial charge is 0.258 e. The Labute approximate surface area is 114 Å². The zero-order chi connectivity index (χ0) is 14.2. The summed E-state index contributed by atoms with van der Waals surface area (Å²) in [6, 6.07) is 0. The summed E-state index contributed by atoms with van der Waals surface area (Å²) in [6.07, 6.45) is 3.53. The highest BCUT2D eigenvalue weighted by molar-refractivity contribution is 5.40. The van der Waals surface area contributed by atoms with Crippen molar-refractivity contribution in [1.29, 1.82) is 0 Å². The molecule has 3 heterocycles. The molecule has 0 radical (unpaired) electrons. The molecule has 10 heteroatoms. The Hall–Kier alpha value is -2.33. The van der Waals surface area contributed by atoms with E-state index in [1.54, 1.807) is 6.92 Å². The van der Waals surface area contributed by atoms with Crippen LogP contribution in [0, 0.1) is 0 Å². The maximum atomic E-state index is 10.0. The highest BCUT2D eigenvalue weighted by atomic mass is 16.3. The number of aliphatic hydroxyl groups is 1. The van der Waals surface area contributed by atoms with Gasteiger partial charge in [0.2, 0.25) is 11.9 Å². The summed E-state index contributed by atoms with van der Waals surface area (Å²) in [7, 11) is 0. The molecule has 1 aliphatic rings. The topological polar surface area (TPSA) is 131 Å². The SMILES string of the molecule is CC1(O)CCN(c2nc(NN)nc(-n3cncn3)n2)C1. The van der Waals surface area contributed by atoms with Gasteiger partial charge in [-0.1, -0.05) is 0 Å². The van der Waals surface area contributed by atoms with Crippen molar-refractivity contribution in [3.8, 4) is 5.95 Å². The quantitative estimate of drug-likeness (QED) is 0.462. The molecule has 106 valence electrons. The van der Waals surface area contributed by atoms with E-state index < -0.39 is 5.60 Å². The molecule has 20 heavy (non-hydrogen) atoms. The van der Waals surface area contributed by atoms with Crippen LogP contribution >= 0.6 is 0 Å². The third-order valence-corrected chi connectivity index (χ3v) is 3.10. The maximum Gasteiger partial charge on any atom is 0.258 e. The van der Waals surface area contributed by atoms with Gasteiger partial charge in [-0.05, 0) is 13.3 Å². The van der Waals surface area contributed by atoms with Gasteiger partial charge in [0.1, 0.15) is 12.7 Å². The normalized spacial score (nSPS) is 22.2. The Morgan fingerprint density at radius 3 is 2.75 bits per heavy atom. The third-order valence-electron chi connectivity index (χ3n) is 3.10. The van der Waals surface area contributed by atoms with E-state index in [2.05, 4.69) is 30.5 Å². The number of nitrogen functional groups attached to an aromatic ring is 1. The molecular weight excluding hydrogens is 262 g/mol. The van der Waals surface area contributed by atoms with Crippen LogP contribution in [0.2, 0.25) is 0 Å². The third kappa shape index (κ3) is 2.38. The Morgan fingerprint density at radius 2 is 2.15 bits per heavy atom. The van der Waals surface area contributed by atoms with Gasteiger partial charge in [0.25, 0.3) is 5.95 Å². The second-order valence-corrected chi connectivity index (χ2v) is 4.91. The van der Waals surface area contributed by atoms with Gasteiger partial charge in [0.15, 0.2) is 0 Å². The predicted octanol–water partition coefficient (Wildman–Crippen LogP) is -1.30. The first-order valence-corrected chi connectivity index (χ1v) is 6.12. The van der Waals surface area contributed by atoms with Crippen LogP contribution in [-0.2, 0) is 0 Å². The minimum absolute atomic E-state index is 0.229. The molecule has 0 spiro atoms. The van der Waals surface area contributed by atoms with E-state index in [4.69, 9.17) is 5.84 Å². The highest BCUT2D eigenvalue weighted by Gasteiger charge is 2.33. The van der Waals surface area contributed by atoms with Gasteiger partial charge in [0.05, 0.1) is 5.60 Å². The van der Waals surface area contributed by atoms with Crippen molar-refractivity contribution < 1.29 is 5.11 Å². The molecule has 2 aromatic heterocycles. The van der Waals surface area contributed by atoms with Crippen LogP contribution in [-0.4, -0.2) is 53.5 Å². The van der Waals surface area contributed by atoms with Crippen molar-refractivity contribution in [1.82, 2.24) is 29.7 Å². The molecule has 2 aromatic rings. The van der Waals surface area contributed by atoms with Gasteiger partial charge < -0.3 is 10.0 Å². The van der Waals surface area contributed by atoms with Crippen LogP contribution in [0.1, 0.15) is 13.3 Å². The fraction of sp³-hybridized carbons (Fsp3) is 0.500. The highest BCUT2D eigenvalue weighted by Crippen LogP contribution is 2.24. The molecule has 1 unspecified atom stereocenters. The van der Waals surface area contributed by atoms with Crippen LogP contribution < -0.4 is 16.2 Å². The summed E-state index contributed by atoms with van der Waals surface area (Å²) in [5.74, 6) is 6.36. The number of nitrogens with two attached hydrogens (primary N) is 1. The van der Waals surface area contributed by atoms with Crippen molar-refractivity contribution in [2.24, 2.45) is 5.84 Å². The lowest BCUT2D eigenvalue weighted by Gasteiger charge is -2.19. The van der Waals surface area contributed by atoms with Gasteiger partial charge >= 0.3 is 0 Å². The Kier molecular flexibility index (Phi) is 2.95. The van der Waals surface area contributed by atoms with Crippen molar-refractivity contribution in [2.45, 2.75) is 18.9 Å². The van der Waals surface area contributed by atoms with Gasteiger partial charge in [-0.3, -0.25) is 5.43 Å². The monoisotopic (exact) mass is 277 g/mol. The lowest BCUT2D eigenvalue weighted by atomic mass is 10.1.